The Kier molecular flexibility index (Phi) is 12.2. The summed E-state index contributed by atoms with van der Waals surface area (Å²) in [7, 11) is 2.02. The van der Waals surface area contributed by atoms with Crippen LogP contribution in [-0.2, 0) is 0 Å². The van der Waals surface area contributed by atoms with Gasteiger partial charge in [0.1, 0.15) is 0 Å². The molecule has 3 nitrogen and oxygen atoms in total. The van der Waals surface area contributed by atoms with Crippen molar-refractivity contribution < 1.29 is 0 Å². The summed E-state index contributed by atoms with van der Waals surface area (Å²) >= 11 is 1.79. The maximum absolute atomic E-state index is 3.53. The average molecular weight is 324 g/mol. The molecule has 126 valence electrons. The summed E-state index contributed by atoms with van der Waals surface area (Å²) in [6.07, 6.45) is 9.86. The maximum Gasteiger partial charge on any atom is 0.0340 e. The van der Waals surface area contributed by atoms with Gasteiger partial charge in [-0.05, 0) is 82.9 Å². The number of benzene rings is 1. The lowest BCUT2D eigenvalue weighted by Gasteiger charge is -2.07. The van der Waals surface area contributed by atoms with E-state index in [1.807, 2.05) is 7.05 Å². The first kappa shape index (κ1) is 19.3. The number of thioether (sulfide) groups is 1. The molecule has 0 bridgehead atoms. The van der Waals surface area contributed by atoms with Crippen molar-refractivity contribution in [1.82, 2.24) is 10.6 Å². The Morgan fingerprint density at radius 2 is 1.36 bits per heavy atom. The number of nitrogens with one attached hydrogen (secondary N) is 3. The van der Waals surface area contributed by atoms with Crippen molar-refractivity contribution in [2.45, 2.75) is 43.4 Å². The molecular formula is C18H33N3S. The van der Waals surface area contributed by atoms with E-state index < -0.39 is 0 Å². The third-order valence-electron chi connectivity index (χ3n) is 3.73. The standard InChI is InChI=1S/C18H33N3S/c1-19-13-7-8-15-20-14-5-3-4-6-16-21-17-9-11-18(22-2)12-10-17/h9-12,19-21H,3-8,13-16H2,1-2H3. The molecule has 0 heterocycles. The van der Waals surface area contributed by atoms with Crippen molar-refractivity contribution in [2.75, 3.05) is 44.8 Å². The molecule has 1 aromatic carbocycles. The molecule has 4 heteroatoms. The van der Waals surface area contributed by atoms with Crippen LogP contribution in [0.1, 0.15) is 38.5 Å². The molecule has 0 aliphatic rings. The zero-order valence-corrected chi connectivity index (χ0v) is 15.1. The van der Waals surface area contributed by atoms with Crippen molar-refractivity contribution in [3.8, 4) is 0 Å². The van der Waals surface area contributed by atoms with Crippen LogP contribution >= 0.6 is 11.8 Å². The van der Waals surface area contributed by atoms with Gasteiger partial charge in [0.15, 0.2) is 0 Å². The molecule has 0 saturated heterocycles. The summed E-state index contributed by atoms with van der Waals surface area (Å²) < 4.78 is 0. The molecule has 0 aliphatic heterocycles. The lowest BCUT2D eigenvalue weighted by molar-refractivity contribution is 0.566. The van der Waals surface area contributed by atoms with Crippen LogP contribution in [0.25, 0.3) is 0 Å². The molecule has 22 heavy (non-hydrogen) atoms. The monoisotopic (exact) mass is 323 g/mol. The second-order valence-corrected chi connectivity index (χ2v) is 6.51. The molecule has 0 spiro atoms. The lowest BCUT2D eigenvalue weighted by atomic mass is 10.2. The Hall–Kier alpha value is -0.710. The number of rotatable bonds is 14. The Bertz CT molecular complexity index is 354. The fourth-order valence-corrected chi connectivity index (χ4v) is 2.76. The molecule has 0 aliphatic carbocycles. The fraction of sp³-hybridized carbons (Fsp3) is 0.667. The van der Waals surface area contributed by atoms with Crippen molar-refractivity contribution in [3.63, 3.8) is 0 Å². The predicted octanol–water partition coefficient (Wildman–Crippen LogP) is 3.97. The maximum atomic E-state index is 3.53. The van der Waals surface area contributed by atoms with E-state index in [-0.39, 0.29) is 0 Å². The average Bonchev–Trinajstić information content (AvgIpc) is 2.56. The largest absolute Gasteiger partial charge is 0.385 e. The first-order valence-electron chi connectivity index (χ1n) is 8.60. The topological polar surface area (TPSA) is 36.1 Å². The smallest absolute Gasteiger partial charge is 0.0340 e. The van der Waals surface area contributed by atoms with E-state index in [1.54, 1.807) is 11.8 Å². The van der Waals surface area contributed by atoms with Gasteiger partial charge in [0.2, 0.25) is 0 Å². The van der Waals surface area contributed by atoms with E-state index >= 15 is 0 Å². The summed E-state index contributed by atoms with van der Waals surface area (Å²) in [4.78, 5) is 1.32. The number of unbranched alkanes of at least 4 members (excludes halogenated alkanes) is 4. The highest BCUT2D eigenvalue weighted by Crippen LogP contribution is 2.17. The SMILES string of the molecule is CNCCCCNCCCCCCNc1ccc(SC)cc1. The van der Waals surface area contributed by atoms with E-state index in [1.165, 1.54) is 55.7 Å². The van der Waals surface area contributed by atoms with Crippen LogP contribution in [0.15, 0.2) is 29.2 Å². The quantitative estimate of drug-likeness (QED) is 0.358. The van der Waals surface area contributed by atoms with Crippen molar-refractivity contribution in [3.05, 3.63) is 24.3 Å². The van der Waals surface area contributed by atoms with Crippen LogP contribution in [-0.4, -0.2) is 39.5 Å². The van der Waals surface area contributed by atoms with E-state index in [9.17, 15) is 0 Å². The molecule has 0 unspecified atom stereocenters. The Morgan fingerprint density at radius 1 is 0.773 bits per heavy atom. The molecule has 1 rings (SSSR count). The van der Waals surface area contributed by atoms with E-state index in [4.69, 9.17) is 0 Å². The molecule has 3 N–H and O–H groups in total. The van der Waals surface area contributed by atoms with Gasteiger partial charge in [-0.1, -0.05) is 12.8 Å². The van der Waals surface area contributed by atoms with E-state index in [0.717, 1.165) is 19.6 Å². The highest BCUT2D eigenvalue weighted by molar-refractivity contribution is 7.98. The number of anilines is 1. The number of hydrogen-bond donors (Lipinski definition) is 3. The molecule has 0 radical (unpaired) electrons. The molecule has 1 aromatic rings. The van der Waals surface area contributed by atoms with Gasteiger partial charge >= 0.3 is 0 Å². The van der Waals surface area contributed by atoms with Gasteiger partial charge in [-0.3, -0.25) is 0 Å². The van der Waals surface area contributed by atoms with E-state index in [0.29, 0.717) is 0 Å². The first-order chi connectivity index (χ1) is 10.9. The van der Waals surface area contributed by atoms with Gasteiger partial charge in [0.25, 0.3) is 0 Å². The van der Waals surface area contributed by atoms with Crippen LogP contribution in [0, 0.1) is 0 Å². The summed E-state index contributed by atoms with van der Waals surface area (Å²) in [6.45, 7) is 4.54. The number of hydrogen-bond acceptors (Lipinski definition) is 4. The zero-order valence-electron chi connectivity index (χ0n) is 14.3. The van der Waals surface area contributed by atoms with Crippen LogP contribution in [0.3, 0.4) is 0 Å². The Morgan fingerprint density at radius 3 is 2.00 bits per heavy atom. The van der Waals surface area contributed by atoms with Crippen LogP contribution in [0.4, 0.5) is 5.69 Å². The molecule has 0 fully saturated rings. The first-order valence-corrected chi connectivity index (χ1v) is 9.82. The molecule has 0 atom stereocenters. The van der Waals surface area contributed by atoms with Gasteiger partial charge in [-0.15, -0.1) is 11.8 Å². The van der Waals surface area contributed by atoms with Crippen molar-refractivity contribution in [1.29, 1.82) is 0 Å². The van der Waals surface area contributed by atoms with Gasteiger partial charge in [0.05, 0.1) is 0 Å². The lowest BCUT2D eigenvalue weighted by Crippen LogP contribution is -2.18. The van der Waals surface area contributed by atoms with E-state index in [2.05, 4.69) is 46.5 Å². The van der Waals surface area contributed by atoms with Gasteiger partial charge in [-0.25, -0.2) is 0 Å². The summed E-state index contributed by atoms with van der Waals surface area (Å²) in [5.41, 5.74) is 1.24. The van der Waals surface area contributed by atoms with Crippen LogP contribution in [0.2, 0.25) is 0 Å². The van der Waals surface area contributed by atoms with Gasteiger partial charge < -0.3 is 16.0 Å². The predicted molar refractivity (Wildman–Crippen MR) is 101 cm³/mol. The minimum atomic E-state index is 1.08. The minimum absolute atomic E-state index is 1.08. The van der Waals surface area contributed by atoms with Gasteiger partial charge in [0, 0.05) is 17.1 Å². The van der Waals surface area contributed by atoms with Crippen molar-refractivity contribution in [2.24, 2.45) is 0 Å². The molecular weight excluding hydrogens is 290 g/mol. The second kappa shape index (κ2) is 13.9. The third-order valence-corrected chi connectivity index (χ3v) is 4.47. The zero-order chi connectivity index (χ0) is 15.9. The summed E-state index contributed by atoms with van der Waals surface area (Å²) in [5.74, 6) is 0. The molecule has 0 amide bonds. The molecule has 0 saturated carbocycles. The minimum Gasteiger partial charge on any atom is -0.385 e. The summed E-state index contributed by atoms with van der Waals surface area (Å²) in [5, 5.41) is 10.2. The van der Waals surface area contributed by atoms with Crippen LogP contribution in [0.5, 0.6) is 0 Å². The third kappa shape index (κ3) is 10.1. The summed E-state index contributed by atoms with van der Waals surface area (Å²) in [6, 6.07) is 8.69. The van der Waals surface area contributed by atoms with Crippen molar-refractivity contribution >= 4 is 17.4 Å². The van der Waals surface area contributed by atoms with Crippen LogP contribution < -0.4 is 16.0 Å². The highest BCUT2D eigenvalue weighted by atomic mass is 32.2. The van der Waals surface area contributed by atoms with Gasteiger partial charge in [-0.2, -0.15) is 0 Å². The fourth-order valence-electron chi connectivity index (χ4n) is 2.35. The molecule has 0 aromatic heterocycles. The highest BCUT2D eigenvalue weighted by Gasteiger charge is 1.94. The normalized spacial score (nSPS) is 10.8. The Labute approximate surface area is 141 Å². The Balaban J connectivity index is 1.85. The second-order valence-electron chi connectivity index (χ2n) is 5.63.